The lowest BCUT2D eigenvalue weighted by atomic mass is 10.2. The van der Waals surface area contributed by atoms with Crippen LogP contribution < -0.4 is 0 Å². The maximum absolute atomic E-state index is 12.7. The van der Waals surface area contributed by atoms with Crippen LogP contribution in [0.3, 0.4) is 0 Å². The van der Waals surface area contributed by atoms with E-state index in [1.165, 1.54) is 6.07 Å². The topological polar surface area (TPSA) is 74.0 Å². The van der Waals surface area contributed by atoms with Gasteiger partial charge in [-0.05, 0) is 33.9 Å². The van der Waals surface area contributed by atoms with Crippen LogP contribution in [-0.2, 0) is 16.6 Å². The normalized spacial score (nSPS) is 20.9. The third-order valence-electron chi connectivity index (χ3n) is 3.56. The molecule has 0 aliphatic carbocycles. The van der Waals surface area contributed by atoms with Crippen molar-refractivity contribution in [3.05, 3.63) is 17.6 Å². The fraction of sp³-hybridized carbons (Fsp3) is 0.692. The first-order chi connectivity index (χ1) is 9.36. The van der Waals surface area contributed by atoms with Gasteiger partial charge in [-0.3, -0.25) is 0 Å². The third kappa shape index (κ3) is 2.90. The average Bonchev–Trinajstić information content (AvgIpc) is 2.95. The van der Waals surface area contributed by atoms with Gasteiger partial charge in [0.25, 0.3) is 0 Å². The van der Waals surface area contributed by atoms with E-state index in [9.17, 15) is 8.42 Å². The number of aryl methyl sites for hydroxylation is 1. The lowest BCUT2D eigenvalue weighted by Gasteiger charge is -2.26. The van der Waals surface area contributed by atoms with E-state index >= 15 is 0 Å². The third-order valence-corrected chi connectivity index (χ3v) is 5.62. The van der Waals surface area contributed by atoms with Crippen LogP contribution in [0.25, 0.3) is 0 Å². The van der Waals surface area contributed by atoms with Gasteiger partial charge in [-0.1, -0.05) is 0 Å². The van der Waals surface area contributed by atoms with Gasteiger partial charge in [-0.2, -0.15) is 4.31 Å². The lowest BCUT2D eigenvalue weighted by molar-refractivity contribution is 0.244. The Kier molecular flexibility index (Phi) is 4.53. The first-order valence-electron chi connectivity index (χ1n) is 6.73. The van der Waals surface area contributed by atoms with Crippen molar-refractivity contribution in [2.24, 2.45) is 0 Å². The number of aliphatic hydroxyl groups is 1. The van der Waals surface area contributed by atoms with Gasteiger partial charge in [-0.25, -0.2) is 8.42 Å². The Hall–Kier alpha value is -0.890. The monoisotopic (exact) mass is 302 g/mol. The number of furan rings is 1. The molecule has 1 aromatic heterocycles. The smallest absolute Gasteiger partial charge is 0.246 e. The summed E-state index contributed by atoms with van der Waals surface area (Å²) in [6.45, 7) is 2.57. The molecule has 1 aromatic rings. The molecule has 20 heavy (non-hydrogen) atoms. The summed E-state index contributed by atoms with van der Waals surface area (Å²) in [6, 6.07) is 1.43. The first kappa shape index (κ1) is 15.5. The number of likely N-dealkylation sites (N-methyl/N-ethyl adjacent to an activating group) is 1. The van der Waals surface area contributed by atoms with Gasteiger partial charge in [-0.15, -0.1) is 0 Å². The van der Waals surface area contributed by atoms with Crippen molar-refractivity contribution in [2.45, 2.75) is 37.3 Å². The van der Waals surface area contributed by atoms with Crippen molar-refractivity contribution in [1.29, 1.82) is 0 Å². The van der Waals surface area contributed by atoms with Gasteiger partial charge in [0.1, 0.15) is 23.0 Å². The largest absolute Gasteiger partial charge is 0.462 e. The fourth-order valence-corrected chi connectivity index (χ4v) is 4.59. The van der Waals surface area contributed by atoms with E-state index in [0.717, 1.165) is 12.8 Å². The molecule has 0 radical (unpaired) electrons. The molecule has 0 saturated carbocycles. The zero-order chi connectivity index (χ0) is 14.9. The van der Waals surface area contributed by atoms with Crippen molar-refractivity contribution in [3.8, 4) is 0 Å². The average molecular weight is 302 g/mol. The Bertz CT molecular complexity index is 565. The van der Waals surface area contributed by atoms with Crippen LogP contribution in [0, 0.1) is 6.92 Å². The molecule has 2 heterocycles. The molecule has 1 atom stereocenters. The Balaban J connectivity index is 2.31. The van der Waals surface area contributed by atoms with Crippen LogP contribution in [-0.4, -0.2) is 56.0 Å². The van der Waals surface area contributed by atoms with Gasteiger partial charge < -0.3 is 14.4 Å². The fourth-order valence-electron chi connectivity index (χ4n) is 2.71. The summed E-state index contributed by atoms with van der Waals surface area (Å²) >= 11 is 0. The van der Waals surface area contributed by atoms with Gasteiger partial charge in [0.15, 0.2) is 0 Å². The van der Waals surface area contributed by atoms with Gasteiger partial charge in [0.05, 0.1) is 0 Å². The molecular formula is C13H22N2O4S. The molecule has 0 amide bonds. The highest BCUT2D eigenvalue weighted by molar-refractivity contribution is 7.89. The minimum atomic E-state index is -3.55. The van der Waals surface area contributed by atoms with Crippen molar-refractivity contribution in [2.75, 3.05) is 27.2 Å². The first-order valence-corrected chi connectivity index (χ1v) is 8.17. The van der Waals surface area contributed by atoms with E-state index in [0.29, 0.717) is 18.8 Å². The van der Waals surface area contributed by atoms with Crippen molar-refractivity contribution >= 4 is 10.0 Å². The highest BCUT2D eigenvalue weighted by atomic mass is 32.2. The standard InChI is InChI=1S/C13H22N2O4S/c1-10-13(7-12(9-16)19-10)20(17,18)15-6-4-5-11(15)8-14(2)3/h7,11,16H,4-6,8-9H2,1-3H3. The Labute approximate surface area is 120 Å². The van der Waals surface area contributed by atoms with E-state index in [2.05, 4.69) is 0 Å². The molecule has 1 unspecified atom stereocenters. The Morgan fingerprint density at radius 2 is 2.20 bits per heavy atom. The number of rotatable bonds is 5. The zero-order valence-electron chi connectivity index (χ0n) is 12.2. The van der Waals surface area contributed by atoms with Crippen LogP contribution in [0.5, 0.6) is 0 Å². The van der Waals surface area contributed by atoms with Crippen molar-refractivity contribution < 1.29 is 17.9 Å². The molecule has 1 aliphatic rings. The van der Waals surface area contributed by atoms with Gasteiger partial charge in [0.2, 0.25) is 10.0 Å². The number of nitrogens with zero attached hydrogens (tertiary/aromatic N) is 2. The highest BCUT2D eigenvalue weighted by Crippen LogP contribution is 2.29. The molecule has 2 rings (SSSR count). The number of aliphatic hydroxyl groups excluding tert-OH is 1. The molecule has 1 saturated heterocycles. The lowest BCUT2D eigenvalue weighted by Crippen LogP contribution is -2.41. The molecule has 0 bridgehead atoms. The molecule has 0 aromatic carbocycles. The van der Waals surface area contributed by atoms with Crippen LogP contribution >= 0.6 is 0 Å². The highest BCUT2D eigenvalue weighted by Gasteiger charge is 2.37. The van der Waals surface area contributed by atoms with E-state index < -0.39 is 10.0 Å². The second-order valence-electron chi connectivity index (χ2n) is 5.47. The van der Waals surface area contributed by atoms with Crippen LogP contribution in [0.15, 0.2) is 15.4 Å². The van der Waals surface area contributed by atoms with E-state index in [1.807, 2.05) is 19.0 Å². The van der Waals surface area contributed by atoms with Gasteiger partial charge >= 0.3 is 0 Å². The molecule has 6 nitrogen and oxygen atoms in total. The van der Waals surface area contributed by atoms with Crippen molar-refractivity contribution in [3.63, 3.8) is 0 Å². The number of hydrogen-bond acceptors (Lipinski definition) is 5. The molecular weight excluding hydrogens is 280 g/mol. The van der Waals surface area contributed by atoms with Crippen LogP contribution in [0.4, 0.5) is 0 Å². The maximum Gasteiger partial charge on any atom is 0.246 e. The molecule has 114 valence electrons. The minimum Gasteiger partial charge on any atom is -0.462 e. The van der Waals surface area contributed by atoms with E-state index in [1.54, 1.807) is 11.2 Å². The van der Waals surface area contributed by atoms with E-state index in [4.69, 9.17) is 9.52 Å². The minimum absolute atomic E-state index is 0.00174. The zero-order valence-corrected chi connectivity index (χ0v) is 13.0. The summed E-state index contributed by atoms with van der Waals surface area (Å²) in [7, 11) is 0.330. The Morgan fingerprint density at radius 1 is 1.50 bits per heavy atom. The predicted molar refractivity (Wildman–Crippen MR) is 74.8 cm³/mol. The second kappa shape index (κ2) is 5.85. The van der Waals surface area contributed by atoms with E-state index in [-0.39, 0.29) is 23.3 Å². The molecule has 1 N–H and O–H groups in total. The number of sulfonamides is 1. The predicted octanol–water partition coefficient (Wildman–Crippen LogP) is 0.795. The molecule has 1 aliphatic heterocycles. The quantitative estimate of drug-likeness (QED) is 0.870. The summed E-state index contributed by atoms with van der Waals surface area (Å²) in [6.07, 6.45) is 1.75. The number of hydrogen-bond donors (Lipinski definition) is 1. The summed E-state index contributed by atoms with van der Waals surface area (Å²) in [5.41, 5.74) is 0. The van der Waals surface area contributed by atoms with Crippen molar-refractivity contribution in [1.82, 2.24) is 9.21 Å². The summed E-state index contributed by atoms with van der Waals surface area (Å²) in [5.74, 6) is 0.619. The maximum atomic E-state index is 12.7. The van der Waals surface area contributed by atoms with Crippen LogP contribution in [0.1, 0.15) is 24.4 Å². The Morgan fingerprint density at radius 3 is 2.75 bits per heavy atom. The molecule has 0 spiro atoms. The summed E-state index contributed by atoms with van der Waals surface area (Å²) < 4.78 is 32.3. The van der Waals surface area contributed by atoms with Crippen LogP contribution in [0.2, 0.25) is 0 Å². The summed E-state index contributed by atoms with van der Waals surface area (Å²) in [4.78, 5) is 2.17. The van der Waals surface area contributed by atoms with Gasteiger partial charge in [0, 0.05) is 25.2 Å². The molecule has 7 heteroatoms. The second-order valence-corrected chi connectivity index (χ2v) is 7.32. The SMILES string of the molecule is Cc1oc(CO)cc1S(=O)(=O)N1CCCC1CN(C)C. The molecule has 1 fully saturated rings. The summed E-state index contributed by atoms with van der Waals surface area (Å²) in [5, 5.41) is 9.07.